The number of nitrogens with zero attached hydrogens (tertiary/aromatic N) is 2. The van der Waals surface area contributed by atoms with Crippen molar-refractivity contribution in [3.63, 3.8) is 0 Å². The molecule has 0 saturated carbocycles. The van der Waals surface area contributed by atoms with Gasteiger partial charge in [0.2, 0.25) is 0 Å². The Kier molecular flexibility index (Phi) is 9.69. The van der Waals surface area contributed by atoms with Gasteiger partial charge in [-0.25, -0.2) is 4.99 Å². The lowest BCUT2D eigenvalue weighted by molar-refractivity contribution is -0.0505. The minimum absolute atomic E-state index is 0.0257. The summed E-state index contributed by atoms with van der Waals surface area (Å²) in [4.78, 5) is 22.5. The highest BCUT2D eigenvalue weighted by Gasteiger charge is 2.34. The van der Waals surface area contributed by atoms with Crippen LogP contribution in [0.25, 0.3) is 20.1 Å². The van der Waals surface area contributed by atoms with Gasteiger partial charge in [0, 0.05) is 9.81 Å². The summed E-state index contributed by atoms with van der Waals surface area (Å²) in [6, 6.07) is 32.6. The summed E-state index contributed by atoms with van der Waals surface area (Å²) in [5, 5.41) is 0. The largest absolute Gasteiger partial charge is 0.435 e. The lowest BCUT2D eigenvalue weighted by Crippen LogP contribution is -2.39. The first-order chi connectivity index (χ1) is 25.3. The highest BCUT2D eigenvalue weighted by Crippen LogP contribution is 2.57. The molecule has 1 atom stereocenters. The average molecular weight is 757 g/mol. The van der Waals surface area contributed by atoms with Gasteiger partial charge < -0.3 is 9.47 Å². The van der Waals surface area contributed by atoms with Gasteiger partial charge in [0.25, 0.3) is 5.56 Å². The van der Waals surface area contributed by atoms with Crippen molar-refractivity contribution in [1.82, 2.24) is 4.57 Å². The summed E-state index contributed by atoms with van der Waals surface area (Å²) in [6.07, 6.45) is 4.18. The van der Waals surface area contributed by atoms with E-state index < -0.39 is 19.3 Å². The van der Waals surface area contributed by atoms with Crippen molar-refractivity contribution in [2.24, 2.45) is 4.99 Å². The van der Waals surface area contributed by atoms with E-state index in [1.165, 1.54) is 35.6 Å². The molecular weight excluding hydrogens is 729 g/mol. The molecule has 0 N–H and O–H groups in total. The Bertz CT molecular complexity index is 2350. The molecule has 0 bridgehead atoms. The number of hydrogen-bond acceptors (Lipinski definition) is 7. The van der Waals surface area contributed by atoms with E-state index in [1.54, 1.807) is 52.4 Å². The van der Waals surface area contributed by atoms with E-state index in [-0.39, 0.29) is 17.1 Å². The van der Waals surface area contributed by atoms with Crippen LogP contribution in [0.4, 0.5) is 17.6 Å². The van der Waals surface area contributed by atoms with Gasteiger partial charge in [0.1, 0.15) is 16.0 Å². The van der Waals surface area contributed by atoms with Crippen molar-refractivity contribution >= 4 is 55.0 Å². The van der Waals surface area contributed by atoms with Gasteiger partial charge in [-0.15, -0.1) is 0 Å². The van der Waals surface area contributed by atoms with E-state index in [1.807, 2.05) is 42.5 Å². The van der Waals surface area contributed by atoms with Gasteiger partial charge in [-0.05, 0) is 83.0 Å². The molecule has 52 heavy (non-hydrogen) atoms. The number of halogens is 4. The van der Waals surface area contributed by atoms with Crippen molar-refractivity contribution in [2.45, 2.75) is 38.5 Å². The van der Waals surface area contributed by atoms with Gasteiger partial charge in [-0.1, -0.05) is 120 Å². The quantitative estimate of drug-likeness (QED) is 0.148. The second-order valence-corrected chi connectivity index (χ2v) is 15.4. The molecule has 3 aliphatic rings. The SMILES string of the molecule is O=c1c(=C2SC(c3ccccc3)=C(c3ccccc3)S2)sc2n1C(c1ccc(OC(F)F)cc1)C1=C(N=2)/C(=C\c2ccc(OC(F)F)cc2)CCC1. The fourth-order valence-electron chi connectivity index (χ4n) is 6.61. The number of fused-ring (bicyclic) bond motifs is 1. The zero-order valence-corrected chi connectivity index (χ0v) is 29.6. The molecule has 12 heteroatoms. The number of hydrogen-bond donors (Lipinski definition) is 0. The highest BCUT2D eigenvalue weighted by molar-refractivity contribution is 8.41. The van der Waals surface area contributed by atoms with Crippen LogP contribution in [0.15, 0.2) is 136 Å². The maximum absolute atomic E-state index is 14.7. The van der Waals surface area contributed by atoms with E-state index in [0.29, 0.717) is 15.8 Å². The number of aromatic nitrogens is 1. The van der Waals surface area contributed by atoms with Crippen molar-refractivity contribution in [3.05, 3.63) is 168 Å². The molecule has 0 radical (unpaired) electrons. The Morgan fingerprint density at radius 2 is 1.29 bits per heavy atom. The van der Waals surface area contributed by atoms with Gasteiger partial charge in [-0.3, -0.25) is 9.36 Å². The van der Waals surface area contributed by atoms with E-state index in [9.17, 15) is 22.4 Å². The Morgan fingerprint density at radius 3 is 1.85 bits per heavy atom. The first-order valence-electron chi connectivity index (χ1n) is 16.4. The zero-order valence-electron chi connectivity index (χ0n) is 27.2. The second-order valence-electron chi connectivity index (χ2n) is 12.1. The molecule has 1 aliphatic carbocycles. The molecule has 4 aromatic carbocycles. The summed E-state index contributed by atoms with van der Waals surface area (Å²) in [7, 11) is 0. The molecule has 0 spiro atoms. The number of allylic oxidation sites excluding steroid dienone is 2. The molecule has 0 fully saturated rings. The molecule has 5 nitrogen and oxygen atoms in total. The molecule has 0 amide bonds. The van der Waals surface area contributed by atoms with Gasteiger partial charge in [0.15, 0.2) is 4.80 Å². The van der Waals surface area contributed by atoms with Gasteiger partial charge in [-0.2, -0.15) is 17.6 Å². The molecule has 2 aliphatic heterocycles. The molecule has 1 unspecified atom stereocenters. The Hall–Kier alpha value is -4.78. The fourth-order valence-corrected chi connectivity index (χ4v) is 10.6. The zero-order chi connectivity index (χ0) is 35.8. The molecular formula is C40H28F4N2O3S3. The number of thioether (sulfide) groups is 2. The molecule has 5 aromatic rings. The normalized spacial score (nSPS) is 17.8. The summed E-state index contributed by atoms with van der Waals surface area (Å²) >= 11 is 4.50. The van der Waals surface area contributed by atoms with Crippen LogP contribution in [-0.4, -0.2) is 17.8 Å². The van der Waals surface area contributed by atoms with Gasteiger partial charge >= 0.3 is 13.2 Å². The number of thiazole rings is 1. The first-order valence-corrected chi connectivity index (χ1v) is 18.9. The van der Waals surface area contributed by atoms with E-state index in [0.717, 1.165) is 66.0 Å². The number of benzene rings is 4. The summed E-state index contributed by atoms with van der Waals surface area (Å²) in [6.45, 7) is -5.87. The summed E-state index contributed by atoms with van der Waals surface area (Å²) in [5.41, 5.74) is 6.16. The maximum atomic E-state index is 14.7. The molecule has 0 saturated heterocycles. The Morgan fingerprint density at radius 1 is 0.731 bits per heavy atom. The standard InChI is InChI=1S/C40H28F4N2O3S3/c41-38(42)48-28-18-14-23(15-19-28)22-27-12-7-13-30-31(27)45-40-46(32(30)24-16-20-29(21-17-24)49-39(43)44)36(47)35(52-40)37-50-33(25-8-3-1-4-9-25)34(51-37)26-10-5-2-6-11-26/h1-6,8-11,14-22,32,38-39H,7,12-13H2/b27-22-. The van der Waals surface area contributed by atoms with Crippen LogP contribution in [0, 0.1) is 0 Å². The van der Waals surface area contributed by atoms with Crippen molar-refractivity contribution in [3.8, 4) is 11.5 Å². The third kappa shape index (κ3) is 6.90. The smallest absolute Gasteiger partial charge is 0.387 e. The van der Waals surface area contributed by atoms with Crippen LogP contribution in [0.3, 0.4) is 0 Å². The van der Waals surface area contributed by atoms with E-state index in [2.05, 4.69) is 33.7 Å². The highest BCUT2D eigenvalue weighted by atomic mass is 32.2. The van der Waals surface area contributed by atoms with Crippen LogP contribution in [0.2, 0.25) is 0 Å². The number of rotatable bonds is 8. The predicted molar refractivity (Wildman–Crippen MR) is 201 cm³/mol. The van der Waals surface area contributed by atoms with Crippen LogP contribution in [0.5, 0.6) is 11.5 Å². The number of alkyl halides is 4. The Balaban J connectivity index is 1.27. The molecule has 3 heterocycles. The third-order valence-corrected chi connectivity index (χ3v) is 12.8. The molecule has 1 aromatic heterocycles. The van der Waals surface area contributed by atoms with Crippen LogP contribution in [-0.2, 0) is 0 Å². The molecule has 8 rings (SSSR count). The number of ether oxygens (including phenoxy) is 2. The predicted octanol–water partition coefficient (Wildman–Crippen LogP) is 9.93. The second kappa shape index (κ2) is 14.7. The van der Waals surface area contributed by atoms with E-state index in [4.69, 9.17) is 4.99 Å². The summed E-state index contributed by atoms with van der Waals surface area (Å²) in [5.74, 6) is 0.0933. The molecule has 262 valence electrons. The van der Waals surface area contributed by atoms with Gasteiger partial charge in [0.05, 0.1) is 16.0 Å². The maximum Gasteiger partial charge on any atom is 0.387 e. The van der Waals surface area contributed by atoms with E-state index >= 15 is 0 Å². The lowest BCUT2D eigenvalue weighted by Gasteiger charge is -2.31. The fraction of sp³-hybridized carbons (Fsp3) is 0.150. The topological polar surface area (TPSA) is 52.8 Å². The van der Waals surface area contributed by atoms with Crippen LogP contribution < -0.4 is 24.4 Å². The first kappa shape index (κ1) is 34.3. The monoisotopic (exact) mass is 756 g/mol. The van der Waals surface area contributed by atoms with Crippen LogP contribution >= 0.6 is 34.9 Å². The lowest BCUT2D eigenvalue weighted by atomic mass is 9.84. The average Bonchev–Trinajstić information content (AvgIpc) is 3.74. The van der Waals surface area contributed by atoms with Crippen molar-refractivity contribution in [1.29, 1.82) is 0 Å². The van der Waals surface area contributed by atoms with Crippen LogP contribution in [0.1, 0.15) is 47.6 Å². The minimum Gasteiger partial charge on any atom is -0.435 e. The third-order valence-electron chi connectivity index (χ3n) is 8.83. The summed E-state index contributed by atoms with van der Waals surface area (Å²) < 4.78 is 63.9. The minimum atomic E-state index is -2.96. The van der Waals surface area contributed by atoms with Crippen molar-refractivity contribution in [2.75, 3.05) is 0 Å². The van der Waals surface area contributed by atoms with Crippen molar-refractivity contribution < 1.29 is 27.0 Å². The Labute approximate surface area is 308 Å².